The van der Waals surface area contributed by atoms with Gasteiger partial charge in [0.2, 0.25) is 59.1 Å². The summed E-state index contributed by atoms with van der Waals surface area (Å²) < 4.78 is 12.6. The van der Waals surface area contributed by atoms with Crippen LogP contribution in [0.2, 0.25) is 0 Å². The molecule has 0 bridgehead atoms. The lowest BCUT2D eigenvalue weighted by Crippen LogP contribution is -2.62. The summed E-state index contributed by atoms with van der Waals surface area (Å²) in [5.74, 6) is -9.08. The van der Waals surface area contributed by atoms with E-state index in [2.05, 4.69) is 31.9 Å². The van der Waals surface area contributed by atoms with Crippen molar-refractivity contribution in [1.82, 2.24) is 71.3 Å². The molecule has 2 aromatic heterocycles. The molecule has 5 fully saturated rings. The fourth-order valence-corrected chi connectivity index (χ4v) is 15.3. The lowest BCUT2D eigenvalue weighted by atomic mass is 9.82. The lowest BCUT2D eigenvalue weighted by molar-refractivity contribution is -0.147. The van der Waals surface area contributed by atoms with Crippen molar-refractivity contribution >= 4 is 92.7 Å². The minimum Gasteiger partial charge on any atom is -0.486 e. The SMILES string of the molecule is CN1CC(=O)N(C)[C@@H](C2CCCCC2)C(=O)NC[C@@H](NC(=O)c2nc3ccccc3cc2OCc2ccccc2)C(=O)N2CCCC[C@H]2C(=O)NCC(=O)N(C)CC(=O)N(C)[C@@H](C2CCCCC2)C(=O)NC[C@@H](NC(=O)c2nc3ccccc3cc2OCc2ccccc2)C(=O)N2CCCC[C@H]2C(=O)NCC1=O. The van der Waals surface area contributed by atoms with Crippen molar-refractivity contribution in [1.29, 1.82) is 0 Å². The van der Waals surface area contributed by atoms with Crippen LogP contribution in [0.5, 0.6) is 11.5 Å². The third-order valence-corrected chi connectivity index (χ3v) is 21.4. The Kier molecular flexibility index (Phi) is 26.7. The molecule has 28 heteroatoms. The van der Waals surface area contributed by atoms with E-state index in [0.717, 1.165) is 59.5 Å². The van der Waals surface area contributed by atoms with Crippen LogP contribution in [0.25, 0.3) is 21.8 Å². The van der Waals surface area contributed by atoms with E-state index in [1.165, 1.54) is 47.8 Å². The van der Waals surface area contributed by atoms with Crippen molar-refractivity contribution < 1.29 is 67.0 Å². The highest BCUT2D eigenvalue weighted by molar-refractivity contribution is 6.03. The van der Waals surface area contributed by atoms with Crippen molar-refractivity contribution in [3.8, 4) is 11.5 Å². The number of nitrogens with one attached hydrogen (secondary N) is 6. The van der Waals surface area contributed by atoms with Gasteiger partial charge in [0, 0.05) is 65.1 Å². The first-order chi connectivity index (χ1) is 52.2. The van der Waals surface area contributed by atoms with Crippen molar-refractivity contribution in [3.05, 3.63) is 144 Å². The first-order valence-electron chi connectivity index (χ1n) is 37.7. The number of aromatic nitrogens is 2. The normalized spacial score (nSPS) is 22.7. The van der Waals surface area contributed by atoms with Crippen LogP contribution in [0.4, 0.5) is 0 Å². The summed E-state index contributed by atoms with van der Waals surface area (Å²) in [6.45, 7) is -3.17. The molecule has 3 saturated heterocycles. The Hall–Kier alpha value is -11.1. The van der Waals surface area contributed by atoms with E-state index in [0.29, 0.717) is 73.2 Å². The Balaban J connectivity index is 0.891. The zero-order valence-electron chi connectivity index (χ0n) is 61.8. The Labute approximate surface area is 628 Å². The van der Waals surface area contributed by atoms with Gasteiger partial charge in [-0.15, -0.1) is 0 Å². The van der Waals surface area contributed by atoms with E-state index in [4.69, 9.17) is 19.4 Å². The molecule has 5 heterocycles. The molecule has 0 spiro atoms. The van der Waals surface area contributed by atoms with Gasteiger partial charge in [0.05, 0.1) is 37.2 Å². The van der Waals surface area contributed by atoms with Gasteiger partial charge in [0.25, 0.3) is 11.8 Å². The molecule has 6 aromatic rings. The van der Waals surface area contributed by atoms with Crippen molar-refractivity contribution in [3.63, 3.8) is 0 Å². The molecule has 11 rings (SSSR count). The van der Waals surface area contributed by atoms with Crippen LogP contribution in [0.3, 0.4) is 0 Å². The molecular formula is C80H98N14O14. The molecule has 572 valence electrons. The maximum Gasteiger partial charge on any atom is 0.274 e. The minimum absolute atomic E-state index is 0.0401. The van der Waals surface area contributed by atoms with Crippen LogP contribution in [-0.4, -0.2) is 227 Å². The Morgan fingerprint density at radius 3 is 1.18 bits per heavy atom. The maximum atomic E-state index is 15.4. The predicted octanol–water partition coefficient (Wildman–Crippen LogP) is 4.81. The summed E-state index contributed by atoms with van der Waals surface area (Å²) in [5, 5.41) is 18.2. The van der Waals surface area contributed by atoms with Crippen LogP contribution < -0.4 is 41.4 Å². The van der Waals surface area contributed by atoms with Gasteiger partial charge in [-0.1, -0.05) is 136 Å². The highest BCUT2D eigenvalue weighted by Gasteiger charge is 2.43. The maximum absolute atomic E-state index is 15.4. The second kappa shape index (κ2) is 37.0. The number of para-hydroxylation sites is 2. The summed E-state index contributed by atoms with van der Waals surface area (Å²) in [6.07, 6.45) is 9.22. The summed E-state index contributed by atoms with van der Waals surface area (Å²) in [6, 6.07) is 28.3. The van der Waals surface area contributed by atoms with Gasteiger partial charge < -0.3 is 70.8 Å². The number of hydrogen-bond acceptors (Lipinski definition) is 16. The van der Waals surface area contributed by atoms with E-state index >= 15 is 19.2 Å². The minimum atomic E-state index is -1.57. The third kappa shape index (κ3) is 19.6. The number of hydrogen-bond donors (Lipinski definition) is 6. The quantitative estimate of drug-likeness (QED) is 0.0957. The fourth-order valence-electron chi connectivity index (χ4n) is 15.3. The zero-order valence-corrected chi connectivity index (χ0v) is 61.8. The number of piperidine rings is 2. The van der Waals surface area contributed by atoms with Gasteiger partial charge in [0.1, 0.15) is 49.5 Å². The van der Waals surface area contributed by atoms with Crippen LogP contribution in [0.15, 0.2) is 121 Å². The van der Waals surface area contributed by atoms with Gasteiger partial charge in [-0.25, -0.2) is 9.97 Å². The molecule has 3 aliphatic heterocycles. The van der Waals surface area contributed by atoms with Gasteiger partial charge in [-0.05, 0) is 111 Å². The zero-order chi connectivity index (χ0) is 76.4. The standard InChI is InChI=1S/C80H98N14O14/c1-89-47-67(97)91(3)71(53-29-13-7-14-30-53)77(103)81-43-59(87-75(101)69-63(107-49-51-25-9-5-10-26-51)41-55-33-17-19-35-57(55)85-69)80(106)94-40-24-22-38-62(94)74(100)84-46-66(96)90(2)48-68(98)92(4)72(54-31-15-8-16-32-54)78(104)82-44-60(79(105)93-39-23-21-37-61(93)73(99)83-45-65(89)95)88-76(102)70-64(108-50-52-27-11-6-12-28-52)42-56-34-18-20-36-58(56)86-70/h5-6,9-12,17-20,25-28,33-36,41-42,53-54,59-62,71-72H,7-8,13-16,21-24,29-32,37-40,43-50H2,1-4H3,(H,81,103)(H,82,104)(H,83,99)(H,84,100)(H,87,101)(H,88,102)/t59-,60-,61+,62+,71+,72+/m1/s1. The molecule has 2 aliphatic carbocycles. The van der Waals surface area contributed by atoms with Crippen LogP contribution in [0.1, 0.15) is 135 Å². The van der Waals surface area contributed by atoms with E-state index in [1.54, 1.807) is 36.4 Å². The van der Waals surface area contributed by atoms with Crippen molar-refractivity contribution in [2.75, 3.05) is 80.5 Å². The summed E-state index contributed by atoms with van der Waals surface area (Å²) >= 11 is 0. The number of nitrogens with zero attached hydrogens (tertiary/aromatic N) is 8. The number of rotatable bonds is 12. The van der Waals surface area contributed by atoms with Crippen LogP contribution in [-0.2, 0) is 61.2 Å². The molecular weight excluding hydrogens is 1380 g/mol. The number of likely N-dealkylation sites (N-methyl/N-ethyl adjacent to an activating group) is 4. The largest absolute Gasteiger partial charge is 0.486 e. The Morgan fingerprint density at radius 2 is 0.787 bits per heavy atom. The monoisotopic (exact) mass is 1480 g/mol. The number of pyridine rings is 2. The van der Waals surface area contributed by atoms with Crippen molar-refractivity contribution in [2.45, 2.75) is 152 Å². The lowest BCUT2D eigenvalue weighted by Gasteiger charge is -2.38. The first-order valence-corrected chi connectivity index (χ1v) is 37.7. The van der Waals surface area contributed by atoms with E-state index < -0.39 is 146 Å². The molecule has 4 aromatic carbocycles. The number of carbonyl (C=O) groups excluding carboxylic acids is 12. The molecule has 0 unspecified atom stereocenters. The van der Waals surface area contributed by atoms with Gasteiger partial charge in [0.15, 0.2) is 22.9 Å². The smallest absolute Gasteiger partial charge is 0.274 e. The van der Waals surface area contributed by atoms with Crippen molar-refractivity contribution in [2.24, 2.45) is 11.8 Å². The molecule has 28 nitrogen and oxygen atoms in total. The number of fused-ring (bicyclic) bond motifs is 4. The van der Waals surface area contributed by atoms with E-state index in [1.807, 2.05) is 84.9 Å². The number of benzene rings is 4. The van der Waals surface area contributed by atoms with Crippen LogP contribution >= 0.6 is 0 Å². The van der Waals surface area contributed by atoms with Gasteiger partial charge in [-0.3, -0.25) is 57.5 Å². The van der Waals surface area contributed by atoms with Gasteiger partial charge >= 0.3 is 0 Å². The number of carbonyl (C=O) groups is 12. The second-order valence-electron chi connectivity index (χ2n) is 28.9. The summed E-state index contributed by atoms with van der Waals surface area (Å²) in [7, 11) is 5.66. The molecule has 6 atom stereocenters. The molecule has 5 aliphatic rings. The van der Waals surface area contributed by atoms with E-state index in [-0.39, 0.29) is 73.9 Å². The molecule has 12 amide bonds. The average molecular weight is 1480 g/mol. The predicted molar refractivity (Wildman–Crippen MR) is 400 cm³/mol. The van der Waals surface area contributed by atoms with Gasteiger partial charge in [-0.2, -0.15) is 0 Å². The molecule has 0 radical (unpaired) electrons. The highest BCUT2D eigenvalue weighted by atomic mass is 16.5. The molecule has 2 saturated carbocycles. The first kappa shape index (κ1) is 78.0. The number of ether oxygens (including phenoxy) is 2. The fraction of sp³-hybridized carbons (Fsp3) is 0.475. The Morgan fingerprint density at radius 1 is 0.426 bits per heavy atom. The topological polar surface area (TPSA) is 341 Å². The molecule has 6 N–H and O–H groups in total. The van der Waals surface area contributed by atoms with E-state index in [9.17, 15) is 38.4 Å². The Bertz CT molecular complexity index is 4000. The third-order valence-electron chi connectivity index (χ3n) is 21.4. The summed E-state index contributed by atoms with van der Waals surface area (Å²) in [4.78, 5) is 194. The average Bonchev–Trinajstić information content (AvgIpc) is 0.803. The number of amides is 12. The molecule has 108 heavy (non-hydrogen) atoms. The van der Waals surface area contributed by atoms with Crippen LogP contribution in [0, 0.1) is 11.8 Å². The second-order valence-corrected chi connectivity index (χ2v) is 28.9. The summed E-state index contributed by atoms with van der Waals surface area (Å²) in [5.41, 5.74) is 2.15. The highest BCUT2D eigenvalue weighted by Crippen LogP contribution is 2.33.